The molecule has 0 fully saturated rings. The summed E-state index contributed by atoms with van der Waals surface area (Å²) in [4.78, 5) is -1.29. The molecular formula is C10H17N2PTe. The van der Waals surface area contributed by atoms with Crippen molar-refractivity contribution in [2.24, 2.45) is 0 Å². The summed E-state index contributed by atoms with van der Waals surface area (Å²) in [5.41, 5.74) is 0. The van der Waals surface area contributed by atoms with Crippen LogP contribution >= 0.6 is 4.79 Å². The first kappa shape index (κ1) is 12.4. The van der Waals surface area contributed by atoms with Crippen molar-refractivity contribution in [2.75, 3.05) is 28.2 Å². The maximum atomic E-state index is 2.34. The average molecular weight is 324 g/mol. The summed E-state index contributed by atoms with van der Waals surface area (Å²) in [5, 5.41) is 1.43. The summed E-state index contributed by atoms with van der Waals surface area (Å²) >= 11 is 2.25. The Balaban J connectivity index is 3.21. The molecule has 0 N–H and O–H groups in total. The quantitative estimate of drug-likeness (QED) is 0.612. The minimum absolute atomic E-state index is 1.29. The first-order chi connectivity index (χ1) is 6.49. The van der Waals surface area contributed by atoms with E-state index in [9.17, 15) is 0 Å². The third-order valence-corrected chi connectivity index (χ3v) is 12.7. The molecule has 0 amide bonds. The van der Waals surface area contributed by atoms with Crippen LogP contribution in [0.1, 0.15) is 0 Å². The van der Waals surface area contributed by atoms with Gasteiger partial charge in [0.2, 0.25) is 0 Å². The standard InChI is InChI=1S/C10H17N2PTe/c1-11(2)13(14,12(3)4)10-8-6-5-7-9-10/h5-9H,1-4H3. The van der Waals surface area contributed by atoms with Crippen LogP contribution in [0.25, 0.3) is 0 Å². The van der Waals surface area contributed by atoms with Gasteiger partial charge in [-0.05, 0) is 0 Å². The number of rotatable bonds is 3. The Morgan fingerprint density at radius 3 is 1.71 bits per heavy atom. The molecule has 0 saturated heterocycles. The molecule has 4 heteroatoms. The Hall–Kier alpha value is 0.360. The second-order valence-corrected chi connectivity index (χ2v) is 11.1. The molecule has 0 unspecified atom stereocenters. The van der Waals surface area contributed by atoms with Crippen molar-refractivity contribution in [1.29, 1.82) is 0 Å². The maximum absolute atomic E-state index is 2.34. The van der Waals surface area contributed by atoms with Gasteiger partial charge in [-0.25, -0.2) is 0 Å². The van der Waals surface area contributed by atoms with Crippen molar-refractivity contribution in [3.63, 3.8) is 0 Å². The molecule has 0 heterocycles. The summed E-state index contributed by atoms with van der Waals surface area (Å²) in [7, 11) is 8.62. The predicted molar refractivity (Wildman–Crippen MR) is 66.1 cm³/mol. The van der Waals surface area contributed by atoms with Gasteiger partial charge in [0, 0.05) is 0 Å². The summed E-state index contributed by atoms with van der Waals surface area (Å²) in [6.07, 6.45) is 0. The molecule has 0 aliphatic carbocycles. The molecule has 0 bridgehead atoms. The summed E-state index contributed by atoms with van der Waals surface area (Å²) in [6.45, 7) is 0. The van der Waals surface area contributed by atoms with E-state index in [1.807, 2.05) is 0 Å². The summed E-state index contributed by atoms with van der Waals surface area (Å²) in [6, 6.07) is 10.7. The van der Waals surface area contributed by atoms with Gasteiger partial charge in [-0.2, -0.15) is 0 Å². The monoisotopic (exact) mass is 326 g/mol. The van der Waals surface area contributed by atoms with E-state index >= 15 is 0 Å². The van der Waals surface area contributed by atoms with Crippen LogP contribution in [0.4, 0.5) is 0 Å². The van der Waals surface area contributed by atoms with Gasteiger partial charge in [0.05, 0.1) is 0 Å². The van der Waals surface area contributed by atoms with Gasteiger partial charge in [0.15, 0.2) is 0 Å². The van der Waals surface area contributed by atoms with E-state index in [0.717, 1.165) is 0 Å². The topological polar surface area (TPSA) is 6.48 Å². The third-order valence-electron chi connectivity index (χ3n) is 2.18. The molecule has 0 radical (unpaired) electrons. The van der Waals surface area contributed by atoms with Crippen molar-refractivity contribution in [1.82, 2.24) is 9.34 Å². The molecule has 0 atom stereocenters. The second kappa shape index (κ2) is 4.92. The Labute approximate surface area is 99.0 Å². The molecule has 0 saturated carbocycles. The van der Waals surface area contributed by atoms with Crippen molar-refractivity contribution in [3.05, 3.63) is 30.3 Å². The van der Waals surface area contributed by atoms with Crippen LogP contribution in [0, 0.1) is 0 Å². The van der Waals surface area contributed by atoms with Gasteiger partial charge in [0.1, 0.15) is 0 Å². The van der Waals surface area contributed by atoms with Crippen molar-refractivity contribution in [3.8, 4) is 0 Å². The van der Waals surface area contributed by atoms with Crippen LogP contribution in [0.15, 0.2) is 30.3 Å². The molecule has 0 spiro atoms. The zero-order valence-corrected chi connectivity index (χ0v) is 12.4. The minimum atomic E-state index is -1.29. The van der Waals surface area contributed by atoms with E-state index in [1.54, 1.807) is 0 Å². The molecular weight excluding hydrogens is 307 g/mol. The van der Waals surface area contributed by atoms with E-state index in [2.05, 4.69) is 89.1 Å². The van der Waals surface area contributed by atoms with Crippen molar-refractivity contribution in [2.45, 2.75) is 0 Å². The Bertz CT molecular complexity index is 323. The fourth-order valence-electron chi connectivity index (χ4n) is 1.44. The number of hydrogen-bond acceptors (Lipinski definition) is 2. The fraction of sp³-hybridized carbons (Fsp3) is 0.400. The van der Waals surface area contributed by atoms with Crippen molar-refractivity contribution < 1.29 is 0 Å². The van der Waals surface area contributed by atoms with E-state index in [0.29, 0.717) is 0 Å². The average Bonchev–Trinajstić information content (AvgIpc) is 2.17. The Morgan fingerprint density at radius 2 is 1.36 bits per heavy atom. The van der Waals surface area contributed by atoms with E-state index in [4.69, 9.17) is 0 Å². The Kier molecular flexibility index (Phi) is 4.37. The molecule has 1 rings (SSSR count). The number of nitrogens with zero attached hydrogens (tertiary/aromatic N) is 2. The van der Waals surface area contributed by atoms with E-state index < -0.39 is 4.79 Å². The first-order valence-electron chi connectivity index (χ1n) is 4.51. The van der Waals surface area contributed by atoms with Gasteiger partial charge in [-0.1, -0.05) is 0 Å². The van der Waals surface area contributed by atoms with Crippen LogP contribution in [0.3, 0.4) is 0 Å². The second-order valence-electron chi connectivity index (χ2n) is 3.57. The summed E-state index contributed by atoms with van der Waals surface area (Å²) in [5.74, 6) is 0. The predicted octanol–water partition coefficient (Wildman–Crippen LogP) is 1.37. The van der Waals surface area contributed by atoms with Crippen LogP contribution in [-0.2, 0) is 0 Å². The molecule has 1 aromatic carbocycles. The molecule has 78 valence electrons. The molecule has 0 aliphatic rings. The van der Waals surface area contributed by atoms with Crippen LogP contribution in [0.2, 0.25) is 0 Å². The van der Waals surface area contributed by atoms with Crippen LogP contribution < -0.4 is 5.30 Å². The first-order valence-corrected chi connectivity index (χ1v) is 9.24. The van der Waals surface area contributed by atoms with E-state index in [1.165, 1.54) is 5.30 Å². The molecule has 2 nitrogen and oxygen atoms in total. The molecule has 1 aromatic rings. The van der Waals surface area contributed by atoms with Gasteiger partial charge >= 0.3 is 99.2 Å². The fourth-order valence-corrected chi connectivity index (χ4v) is 4.68. The molecule has 0 aromatic heterocycles. The summed E-state index contributed by atoms with van der Waals surface area (Å²) < 4.78 is 4.68. The number of benzene rings is 1. The van der Waals surface area contributed by atoms with E-state index in [-0.39, 0.29) is 0 Å². The van der Waals surface area contributed by atoms with Crippen molar-refractivity contribution >= 4 is 31.3 Å². The van der Waals surface area contributed by atoms with Crippen LogP contribution in [-0.4, -0.2) is 58.8 Å². The van der Waals surface area contributed by atoms with Gasteiger partial charge in [-0.3, -0.25) is 0 Å². The Morgan fingerprint density at radius 1 is 0.929 bits per heavy atom. The number of hydrogen-bond donors (Lipinski definition) is 0. The SMILES string of the molecule is CN(C)P(=[Te])(c1ccccc1)N(C)C. The zero-order valence-electron chi connectivity index (χ0n) is 9.14. The molecule has 14 heavy (non-hydrogen) atoms. The zero-order chi connectivity index (χ0) is 10.8. The van der Waals surface area contributed by atoms with Gasteiger partial charge < -0.3 is 0 Å². The van der Waals surface area contributed by atoms with Crippen LogP contribution in [0.5, 0.6) is 0 Å². The molecule has 0 aliphatic heterocycles. The third kappa shape index (κ3) is 2.30. The van der Waals surface area contributed by atoms with Gasteiger partial charge in [0.25, 0.3) is 0 Å². The normalized spacial score (nSPS) is 12.4. The van der Waals surface area contributed by atoms with Gasteiger partial charge in [-0.15, -0.1) is 0 Å².